The normalized spacial score (nSPS) is 22.7. The molecule has 2 fully saturated rings. The molecule has 0 atom stereocenters. The Morgan fingerprint density at radius 3 is 2.89 bits per heavy atom. The Labute approximate surface area is 106 Å². The van der Waals surface area contributed by atoms with Crippen molar-refractivity contribution in [2.45, 2.75) is 44.2 Å². The Morgan fingerprint density at radius 2 is 2.22 bits per heavy atom. The minimum atomic E-state index is -0.102. The van der Waals surface area contributed by atoms with Crippen molar-refractivity contribution in [3.05, 3.63) is 11.9 Å². The summed E-state index contributed by atoms with van der Waals surface area (Å²) >= 11 is 0. The van der Waals surface area contributed by atoms with Gasteiger partial charge >= 0.3 is 0 Å². The van der Waals surface area contributed by atoms with Crippen LogP contribution in [-0.4, -0.2) is 39.5 Å². The van der Waals surface area contributed by atoms with Crippen LogP contribution in [0.3, 0.4) is 0 Å². The van der Waals surface area contributed by atoms with Crippen molar-refractivity contribution in [1.82, 2.24) is 25.6 Å². The highest BCUT2D eigenvalue weighted by Crippen LogP contribution is 2.34. The molecule has 1 aliphatic carbocycles. The largest absolute Gasteiger partial charge is 0.345 e. The van der Waals surface area contributed by atoms with E-state index in [1.165, 1.54) is 0 Å². The minimum absolute atomic E-state index is 0.00434. The summed E-state index contributed by atoms with van der Waals surface area (Å²) in [7, 11) is 0. The highest BCUT2D eigenvalue weighted by molar-refractivity contribution is 5.92. The summed E-state index contributed by atoms with van der Waals surface area (Å²) in [4.78, 5) is 12.0. The molecule has 6 heteroatoms. The van der Waals surface area contributed by atoms with Crippen LogP contribution < -0.4 is 10.6 Å². The molecule has 1 aliphatic heterocycles. The minimum Gasteiger partial charge on any atom is -0.345 e. The molecule has 6 nitrogen and oxygen atoms in total. The zero-order valence-electron chi connectivity index (χ0n) is 10.6. The van der Waals surface area contributed by atoms with E-state index < -0.39 is 0 Å². The van der Waals surface area contributed by atoms with Crippen LogP contribution in [0.25, 0.3) is 0 Å². The number of amides is 1. The van der Waals surface area contributed by atoms with Crippen LogP contribution in [-0.2, 0) is 0 Å². The molecule has 0 radical (unpaired) electrons. The van der Waals surface area contributed by atoms with E-state index in [0.717, 1.165) is 38.8 Å². The molecule has 1 saturated carbocycles. The fourth-order valence-corrected chi connectivity index (χ4v) is 2.28. The lowest BCUT2D eigenvalue weighted by Gasteiger charge is -2.22. The van der Waals surface area contributed by atoms with Crippen molar-refractivity contribution in [1.29, 1.82) is 0 Å². The maximum atomic E-state index is 12.0. The molecule has 2 N–H and O–H groups in total. The molecule has 0 spiro atoms. The van der Waals surface area contributed by atoms with Gasteiger partial charge in [-0.25, -0.2) is 4.68 Å². The van der Waals surface area contributed by atoms with Gasteiger partial charge in [0.15, 0.2) is 5.69 Å². The lowest BCUT2D eigenvalue weighted by molar-refractivity contribution is 0.0930. The number of hydrogen-bond acceptors (Lipinski definition) is 4. The molecule has 2 aliphatic rings. The van der Waals surface area contributed by atoms with Crippen molar-refractivity contribution in [2.75, 3.05) is 13.1 Å². The van der Waals surface area contributed by atoms with Crippen molar-refractivity contribution in [3.63, 3.8) is 0 Å². The molecule has 0 unspecified atom stereocenters. The molecule has 1 amide bonds. The SMILES string of the molecule is CC1(NC(=O)c2cn(C3CCNCC3)nn2)CC1. The number of piperidine rings is 1. The van der Waals surface area contributed by atoms with Gasteiger partial charge in [0, 0.05) is 5.54 Å². The Morgan fingerprint density at radius 1 is 1.50 bits per heavy atom. The Kier molecular flexibility index (Phi) is 2.81. The highest BCUT2D eigenvalue weighted by Gasteiger charge is 2.39. The predicted molar refractivity (Wildman–Crippen MR) is 66.3 cm³/mol. The molecule has 1 saturated heterocycles. The number of hydrogen-bond donors (Lipinski definition) is 2. The van der Waals surface area contributed by atoms with E-state index in [9.17, 15) is 4.79 Å². The van der Waals surface area contributed by atoms with E-state index in [1.807, 2.05) is 4.68 Å². The molecule has 0 bridgehead atoms. The van der Waals surface area contributed by atoms with Gasteiger partial charge < -0.3 is 10.6 Å². The standard InChI is InChI=1S/C12H19N5O/c1-12(4-5-12)14-11(18)10-8-17(16-15-10)9-2-6-13-7-3-9/h8-9,13H,2-7H2,1H3,(H,14,18). The van der Waals surface area contributed by atoms with Gasteiger partial charge in [0.25, 0.3) is 5.91 Å². The predicted octanol–water partition coefficient (Wildman–Crippen LogP) is 0.485. The van der Waals surface area contributed by atoms with E-state index in [0.29, 0.717) is 11.7 Å². The summed E-state index contributed by atoms with van der Waals surface area (Å²) < 4.78 is 1.84. The molecule has 1 aromatic rings. The van der Waals surface area contributed by atoms with Gasteiger partial charge in [-0.15, -0.1) is 5.10 Å². The van der Waals surface area contributed by atoms with Gasteiger partial charge in [0.2, 0.25) is 0 Å². The number of rotatable bonds is 3. The van der Waals surface area contributed by atoms with Crippen LogP contribution >= 0.6 is 0 Å². The first-order valence-corrected chi connectivity index (χ1v) is 6.61. The summed E-state index contributed by atoms with van der Waals surface area (Å²) in [6, 6.07) is 0.372. The Balaban J connectivity index is 1.66. The second kappa shape index (κ2) is 4.35. The topological polar surface area (TPSA) is 71.8 Å². The first-order valence-electron chi connectivity index (χ1n) is 6.61. The molecule has 18 heavy (non-hydrogen) atoms. The molecular weight excluding hydrogens is 230 g/mol. The van der Waals surface area contributed by atoms with Gasteiger partial charge in [0.05, 0.1) is 12.2 Å². The van der Waals surface area contributed by atoms with Crippen molar-refractivity contribution in [3.8, 4) is 0 Å². The second-order valence-electron chi connectivity index (χ2n) is 5.58. The summed E-state index contributed by atoms with van der Waals surface area (Å²) in [6.07, 6.45) is 5.98. The number of nitrogens with one attached hydrogen (secondary N) is 2. The van der Waals surface area contributed by atoms with E-state index in [2.05, 4.69) is 27.9 Å². The second-order valence-corrected chi connectivity index (χ2v) is 5.58. The molecular formula is C12H19N5O. The van der Waals surface area contributed by atoms with E-state index >= 15 is 0 Å². The van der Waals surface area contributed by atoms with Crippen molar-refractivity contribution < 1.29 is 4.79 Å². The first-order chi connectivity index (χ1) is 8.66. The smallest absolute Gasteiger partial charge is 0.273 e. The van der Waals surface area contributed by atoms with Crippen molar-refractivity contribution >= 4 is 5.91 Å². The molecule has 3 rings (SSSR count). The summed E-state index contributed by atoms with van der Waals surface area (Å²) in [5.74, 6) is -0.102. The van der Waals surface area contributed by atoms with Crippen molar-refractivity contribution in [2.24, 2.45) is 0 Å². The summed E-state index contributed by atoms with van der Waals surface area (Å²) in [5, 5.41) is 14.4. The number of aromatic nitrogens is 3. The lowest BCUT2D eigenvalue weighted by atomic mass is 10.1. The molecule has 1 aromatic heterocycles. The van der Waals surface area contributed by atoms with E-state index in [4.69, 9.17) is 0 Å². The van der Waals surface area contributed by atoms with Crippen LogP contribution in [0.4, 0.5) is 0 Å². The fourth-order valence-electron chi connectivity index (χ4n) is 2.28. The average molecular weight is 249 g/mol. The Hall–Kier alpha value is -1.43. The quantitative estimate of drug-likeness (QED) is 0.817. The number of nitrogens with zero attached hydrogens (tertiary/aromatic N) is 3. The van der Waals surface area contributed by atoms with Crippen LogP contribution in [0.1, 0.15) is 49.1 Å². The average Bonchev–Trinajstić information content (AvgIpc) is 2.94. The van der Waals surface area contributed by atoms with Crippen LogP contribution in [0.15, 0.2) is 6.20 Å². The number of carbonyl (C=O) groups excluding carboxylic acids is 1. The summed E-state index contributed by atoms with van der Waals surface area (Å²) in [6.45, 7) is 4.07. The maximum Gasteiger partial charge on any atom is 0.273 e. The highest BCUT2D eigenvalue weighted by atomic mass is 16.2. The zero-order chi connectivity index (χ0) is 12.6. The first kappa shape index (κ1) is 11.6. The lowest BCUT2D eigenvalue weighted by Crippen LogP contribution is -2.34. The molecule has 0 aromatic carbocycles. The maximum absolute atomic E-state index is 12.0. The van der Waals surface area contributed by atoms with Crippen LogP contribution in [0.2, 0.25) is 0 Å². The Bertz CT molecular complexity index is 445. The van der Waals surface area contributed by atoms with Crippen LogP contribution in [0, 0.1) is 0 Å². The van der Waals surface area contributed by atoms with Gasteiger partial charge in [-0.05, 0) is 45.7 Å². The van der Waals surface area contributed by atoms with E-state index in [1.54, 1.807) is 6.20 Å². The van der Waals surface area contributed by atoms with Crippen LogP contribution in [0.5, 0.6) is 0 Å². The van der Waals surface area contributed by atoms with E-state index in [-0.39, 0.29) is 11.4 Å². The van der Waals surface area contributed by atoms with Gasteiger partial charge in [0.1, 0.15) is 0 Å². The number of carbonyl (C=O) groups is 1. The fraction of sp³-hybridized carbons (Fsp3) is 0.750. The third-order valence-electron chi connectivity index (χ3n) is 3.84. The third-order valence-corrected chi connectivity index (χ3v) is 3.84. The molecule has 98 valence electrons. The summed E-state index contributed by atoms with van der Waals surface area (Å²) in [5.41, 5.74) is 0.428. The van der Waals surface area contributed by atoms with Gasteiger partial charge in [-0.3, -0.25) is 4.79 Å². The van der Waals surface area contributed by atoms with Gasteiger partial charge in [-0.2, -0.15) is 0 Å². The molecule has 2 heterocycles. The third kappa shape index (κ3) is 2.38. The van der Waals surface area contributed by atoms with Gasteiger partial charge in [-0.1, -0.05) is 5.21 Å². The monoisotopic (exact) mass is 249 g/mol. The zero-order valence-corrected chi connectivity index (χ0v) is 10.6.